The van der Waals surface area contributed by atoms with Gasteiger partial charge in [-0.1, -0.05) is 0 Å². The Morgan fingerprint density at radius 3 is 2.44 bits per heavy atom. The third-order valence-corrected chi connectivity index (χ3v) is 5.38. The summed E-state index contributed by atoms with van der Waals surface area (Å²) in [7, 11) is 4.75. The van der Waals surface area contributed by atoms with Crippen LogP contribution in [0.25, 0.3) is 0 Å². The van der Waals surface area contributed by atoms with E-state index in [-0.39, 0.29) is 37.1 Å². The molecule has 1 aromatic carbocycles. The average Bonchev–Trinajstić information content (AvgIpc) is 3.08. The van der Waals surface area contributed by atoms with E-state index in [2.05, 4.69) is 5.10 Å². The highest BCUT2D eigenvalue weighted by Crippen LogP contribution is 2.35. The molecule has 2 heterocycles. The molecule has 3 rings (SSSR count). The second-order valence-corrected chi connectivity index (χ2v) is 7.83. The number of carbonyl (C=O) groups excluding carboxylic acids is 2. The third kappa shape index (κ3) is 4.39. The standard InChI is InChI=1S/C21H23F3N6O2/c1-13-9-17(28(4)26-13)20(32)30-8-7-29(12-18(30)19(31)27(2)3)15-6-5-14(11-25)16(10-15)21(22,23)24/h5-6,9-10,18H,7-8,12H2,1-4H3. The number of nitrogens with zero attached hydrogens (tertiary/aromatic N) is 6. The zero-order chi connectivity index (χ0) is 23.8. The molecule has 0 N–H and O–H groups in total. The minimum Gasteiger partial charge on any atom is -0.367 e. The zero-order valence-electron chi connectivity index (χ0n) is 18.1. The van der Waals surface area contributed by atoms with Crippen LogP contribution in [0, 0.1) is 18.3 Å². The highest BCUT2D eigenvalue weighted by molar-refractivity contribution is 5.97. The van der Waals surface area contributed by atoms with Gasteiger partial charge in [-0.05, 0) is 31.2 Å². The Morgan fingerprint density at radius 1 is 1.22 bits per heavy atom. The van der Waals surface area contributed by atoms with Crippen LogP contribution in [0.5, 0.6) is 0 Å². The van der Waals surface area contributed by atoms with Crippen molar-refractivity contribution < 1.29 is 22.8 Å². The Bertz CT molecular complexity index is 1090. The molecule has 1 aromatic heterocycles. The number of piperazine rings is 1. The van der Waals surface area contributed by atoms with Crippen molar-refractivity contribution in [3.05, 3.63) is 46.8 Å². The molecule has 0 bridgehead atoms. The summed E-state index contributed by atoms with van der Waals surface area (Å²) in [6.45, 7) is 2.13. The normalized spacial score (nSPS) is 16.6. The maximum Gasteiger partial charge on any atom is 0.417 e. The van der Waals surface area contributed by atoms with Crippen molar-refractivity contribution in [1.29, 1.82) is 5.26 Å². The van der Waals surface area contributed by atoms with Gasteiger partial charge in [-0.15, -0.1) is 0 Å². The van der Waals surface area contributed by atoms with Crippen molar-refractivity contribution in [1.82, 2.24) is 19.6 Å². The smallest absolute Gasteiger partial charge is 0.367 e. The van der Waals surface area contributed by atoms with Crippen molar-refractivity contribution in [2.24, 2.45) is 7.05 Å². The fraction of sp³-hybridized carbons (Fsp3) is 0.429. The van der Waals surface area contributed by atoms with Crippen LogP contribution >= 0.6 is 0 Å². The fourth-order valence-corrected chi connectivity index (χ4v) is 3.79. The number of anilines is 1. The number of hydrogen-bond donors (Lipinski definition) is 0. The van der Waals surface area contributed by atoms with Crippen LogP contribution < -0.4 is 4.90 Å². The largest absolute Gasteiger partial charge is 0.417 e. The molecule has 1 unspecified atom stereocenters. The van der Waals surface area contributed by atoms with Crippen molar-refractivity contribution in [2.75, 3.05) is 38.6 Å². The van der Waals surface area contributed by atoms with E-state index in [1.165, 1.54) is 20.5 Å². The maximum absolute atomic E-state index is 13.4. The fourth-order valence-electron chi connectivity index (χ4n) is 3.79. The van der Waals surface area contributed by atoms with Crippen LogP contribution in [-0.2, 0) is 18.0 Å². The highest BCUT2D eigenvalue weighted by Gasteiger charge is 2.39. The average molecular weight is 448 g/mol. The molecule has 32 heavy (non-hydrogen) atoms. The molecule has 1 fully saturated rings. The van der Waals surface area contributed by atoms with Gasteiger partial charge in [0.25, 0.3) is 5.91 Å². The Kier molecular flexibility index (Phi) is 6.16. The molecule has 1 saturated heterocycles. The number of benzene rings is 1. The van der Waals surface area contributed by atoms with Gasteiger partial charge in [-0.25, -0.2) is 0 Å². The Morgan fingerprint density at radius 2 is 1.91 bits per heavy atom. The molecule has 2 aromatic rings. The number of halogens is 3. The van der Waals surface area contributed by atoms with Gasteiger partial charge in [0.05, 0.1) is 22.9 Å². The molecule has 8 nitrogen and oxygen atoms in total. The molecule has 11 heteroatoms. The van der Waals surface area contributed by atoms with Crippen molar-refractivity contribution in [3.63, 3.8) is 0 Å². The number of aryl methyl sites for hydroxylation is 2. The first-order valence-corrected chi connectivity index (χ1v) is 9.83. The van der Waals surface area contributed by atoms with E-state index >= 15 is 0 Å². The summed E-state index contributed by atoms with van der Waals surface area (Å²) in [4.78, 5) is 30.5. The lowest BCUT2D eigenvalue weighted by molar-refractivity contribution is -0.138. The lowest BCUT2D eigenvalue weighted by Crippen LogP contribution is -2.60. The minimum atomic E-state index is -4.69. The predicted octanol–water partition coefficient (Wildman–Crippen LogP) is 2.04. The van der Waals surface area contributed by atoms with Crippen LogP contribution in [0.1, 0.15) is 27.3 Å². The van der Waals surface area contributed by atoms with E-state index < -0.39 is 23.3 Å². The second-order valence-electron chi connectivity index (χ2n) is 7.83. The Hall–Kier alpha value is -3.55. The van der Waals surface area contributed by atoms with Gasteiger partial charge in [-0.3, -0.25) is 14.3 Å². The summed E-state index contributed by atoms with van der Waals surface area (Å²) in [5.74, 6) is -0.713. The second kappa shape index (κ2) is 8.53. The summed E-state index contributed by atoms with van der Waals surface area (Å²) in [6, 6.07) is 5.75. The molecular weight excluding hydrogens is 425 g/mol. The van der Waals surface area contributed by atoms with Crippen molar-refractivity contribution >= 4 is 17.5 Å². The van der Waals surface area contributed by atoms with Crippen molar-refractivity contribution in [3.8, 4) is 6.07 Å². The quantitative estimate of drug-likeness (QED) is 0.718. The van der Waals surface area contributed by atoms with E-state index in [0.29, 0.717) is 11.4 Å². The molecule has 0 aliphatic carbocycles. The van der Waals surface area contributed by atoms with Crippen molar-refractivity contribution in [2.45, 2.75) is 19.1 Å². The van der Waals surface area contributed by atoms with E-state index in [1.807, 2.05) is 0 Å². The molecule has 0 saturated carbocycles. The van der Waals surface area contributed by atoms with E-state index in [9.17, 15) is 22.8 Å². The van der Waals surface area contributed by atoms with Gasteiger partial charge in [0.15, 0.2) is 0 Å². The minimum absolute atomic E-state index is 0.0167. The molecule has 170 valence electrons. The number of nitriles is 1. The molecule has 0 radical (unpaired) electrons. The molecule has 2 amide bonds. The summed E-state index contributed by atoms with van der Waals surface area (Å²) in [5.41, 5.74) is -0.289. The monoisotopic (exact) mass is 448 g/mol. The first kappa shape index (κ1) is 23.1. The number of alkyl halides is 3. The predicted molar refractivity (Wildman–Crippen MR) is 110 cm³/mol. The number of hydrogen-bond acceptors (Lipinski definition) is 5. The van der Waals surface area contributed by atoms with Crippen LogP contribution in [0.15, 0.2) is 24.3 Å². The highest BCUT2D eigenvalue weighted by atomic mass is 19.4. The molecular formula is C21H23F3N6O2. The topological polar surface area (TPSA) is 85.5 Å². The molecule has 1 aliphatic rings. The van der Waals surface area contributed by atoms with E-state index in [1.54, 1.807) is 45.1 Å². The third-order valence-electron chi connectivity index (χ3n) is 5.38. The first-order valence-electron chi connectivity index (χ1n) is 9.83. The molecule has 0 spiro atoms. The number of likely N-dealkylation sites (N-methyl/N-ethyl adjacent to an activating group) is 1. The number of aromatic nitrogens is 2. The van der Waals surface area contributed by atoms with Gasteiger partial charge in [0.2, 0.25) is 5.91 Å². The van der Waals surface area contributed by atoms with Gasteiger partial charge in [0.1, 0.15) is 11.7 Å². The van der Waals surface area contributed by atoms with Crippen LogP contribution in [0.3, 0.4) is 0 Å². The Balaban J connectivity index is 1.95. The Labute approximate surface area is 183 Å². The van der Waals surface area contributed by atoms with Crippen LogP contribution in [0.4, 0.5) is 18.9 Å². The summed E-state index contributed by atoms with van der Waals surface area (Å²) in [5, 5.41) is 13.2. The van der Waals surface area contributed by atoms with E-state index in [0.717, 1.165) is 12.1 Å². The molecule has 1 atom stereocenters. The van der Waals surface area contributed by atoms with E-state index in [4.69, 9.17) is 5.26 Å². The summed E-state index contributed by atoms with van der Waals surface area (Å²) in [6.07, 6.45) is -4.69. The first-order chi connectivity index (χ1) is 14.9. The van der Waals surface area contributed by atoms with Gasteiger partial charge in [-0.2, -0.15) is 23.5 Å². The van der Waals surface area contributed by atoms with Crippen LogP contribution in [-0.4, -0.2) is 71.2 Å². The maximum atomic E-state index is 13.4. The number of rotatable bonds is 3. The molecule has 1 aliphatic heterocycles. The number of carbonyl (C=O) groups is 2. The SMILES string of the molecule is Cc1cc(C(=O)N2CCN(c3ccc(C#N)c(C(F)(F)F)c3)CC2C(=O)N(C)C)n(C)n1. The lowest BCUT2D eigenvalue weighted by atomic mass is 10.0. The van der Waals surface area contributed by atoms with Gasteiger partial charge >= 0.3 is 6.18 Å². The van der Waals surface area contributed by atoms with Crippen LogP contribution in [0.2, 0.25) is 0 Å². The number of amides is 2. The summed E-state index contributed by atoms with van der Waals surface area (Å²) >= 11 is 0. The summed E-state index contributed by atoms with van der Waals surface area (Å²) < 4.78 is 41.6. The van der Waals surface area contributed by atoms with Gasteiger partial charge < -0.3 is 14.7 Å². The zero-order valence-corrected chi connectivity index (χ0v) is 18.1. The van der Waals surface area contributed by atoms with Gasteiger partial charge in [0, 0.05) is 46.5 Å². The lowest BCUT2D eigenvalue weighted by Gasteiger charge is -2.42.